The highest BCUT2D eigenvalue weighted by Gasteiger charge is 2.26. The van der Waals surface area contributed by atoms with Crippen molar-refractivity contribution in [3.8, 4) is 0 Å². The number of nitrogens with one attached hydrogen (secondary N) is 1. The van der Waals surface area contributed by atoms with E-state index in [9.17, 15) is 9.18 Å². The second kappa shape index (κ2) is 6.65. The van der Waals surface area contributed by atoms with Crippen LogP contribution in [-0.2, 0) is 4.74 Å². The number of ether oxygens (including phenoxy) is 1. The topological polar surface area (TPSA) is 54.5 Å². The average Bonchev–Trinajstić information content (AvgIpc) is 2.48. The van der Waals surface area contributed by atoms with Gasteiger partial charge >= 0.3 is 0 Å². The predicted octanol–water partition coefficient (Wildman–Crippen LogP) is 1.90. The summed E-state index contributed by atoms with van der Waals surface area (Å²) in [4.78, 5) is 18.2. The number of halogens is 1. The highest BCUT2D eigenvalue weighted by atomic mass is 19.1. The number of hydrogen-bond donors (Lipinski definition) is 1. The maximum atomic E-state index is 13.4. The lowest BCUT2D eigenvalue weighted by Crippen LogP contribution is -2.45. The third kappa shape index (κ3) is 3.25. The monoisotopic (exact) mass is 281 g/mol. The summed E-state index contributed by atoms with van der Waals surface area (Å²) in [7, 11) is 0. The Balaban J connectivity index is 2.21. The highest BCUT2D eigenvalue weighted by molar-refractivity contribution is 5.98. The normalized spacial score (nSPS) is 18.9. The molecule has 1 aromatic heterocycles. The second-order valence-corrected chi connectivity index (χ2v) is 4.73. The van der Waals surface area contributed by atoms with Crippen LogP contribution in [-0.4, -0.2) is 48.1 Å². The minimum Gasteiger partial charge on any atom is -0.375 e. The molecule has 0 bridgehead atoms. The molecule has 5 nitrogen and oxygen atoms in total. The molecule has 110 valence electrons. The molecule has 0 saturated carbocycles. The Hall–Kier alpha value is -1.69. The SMILES string of the molecule is CCNc1ncc(F)cc1C(=O)N1CCOC(CC)C1. The summed E-state index contributed by atoms with van der Waals surface area (Å²) in [5, 5.41) is 2.99. The molecular weight excluding hydrogens is 261 g/mol. The number of pyridine rings is 1. The van der Waals surface area contributed by atoms with Crippen LogP contribution in [0.15, 0.2) is 12.3 Å². The van der Waals surface area contributed by atoms with Crippen LogP contribution in [0.3, 0.4) is 0 Å². The third-order valence-corrected chi connectivity index (χ3v) is 3.31. The number of anilines is 1. The van der Waals surface area contributed by atoms with Gasteiger partial charge in [0.1, 0.15) is 11.6 Å². The fraction of sp³-hybridized carbons (Fsp3) is 0.571. The molecule has 1 atom stereocenters. The molecule has 0 spiro atoms. The van der Waals surface area contributed by atoms with E-state index >= 15 is 0 Å². The Morgan fingerprint density at radius 2 is 2.40 bits per heavy atom. The smallest absolute Gasteiger partial charge is 0.257 e. The molecule has 0 aliphatic carbocycles. The zero-order valence-electron chi connectivity index (χ0n) is 11.9. The molecule has 1 aliphatic heterocycles. The Labute approximate surface area is 118 Å². The number of carbonyl (C=O) groups is 1. The summed E-state index contributed by atoms with van der Waals surface area (Å²) in [6, 6.07) is 1.24. The molecule has 1 amide bonds. The first kappa shape index (κ1) is 14.7. The maximum absolute atomic E-state index is 13.4. The minimum absolute atomic E-state index is 0.0526. The van der Waals surface area contributed by atoms with Crippen molar-refractivity contribution in [1.29, 1.82) is 0 Å². The summed E-state index contributed by atoms with van der Waals surface area (Å²) in [5.41, 5.74) is 0.281. The Morgan fingerprint density at radius 1 is 1.60 bits per heavy atom. The molecular formula is C14H20FN3O2. The molecule has 1 aromatic rings. The van der Waals surface area contributed by atoms with Gasteiger partial charge in [-0.25, -0.2) is 9.37 Å². The summed E-state index contributed by atoms with van der Waals surface area (Å²) < 4.78 is 18.9. The molecule has 6 heteroatoms. The van der Waals surface area contributed by atoms with E-state index in [4.69, 9.17) is 4.74 Å². The number of aromatic nitrogens is 1. The van der Waals surface area contributed by atoms with Gasteiger partial charge in [-0.15, -0.1) is 0 Å². The Kier molecular flexibility index (Phi) is 4.89. The van der Waals surface area contributed by atoms with Crippen LogP contribution < -0.4 is 5.32 Å². The fourth-order valence-electron chi connectivity index (χ4n) is 2.23. The summed E-state index contributed by atoms with van der Waals surface area (Å²) in [5.74, 6) is -0.275. The zero-order valence-corrected chi connectivity index (χ0v) is 11.9. The molecule has 2 rings (SSSR count). The minimum atomic E-state index is -0.504. The maximum Gasteiger partial charge on any atom is 0.257 e. The van der Waals surface area contributed by atoms with Crippen LogP contribution in [0.25, 0.3) is 0 Å². The first-order valence-corrected chi connectivity index (χ1v) is 6.96. The Bertz CT molecular complexity index is 481. The largest absolute Gasteiger partial charge is 0.375 e. The average molecular weight is 281 g/mol. The van der Waals surface area contributed by atoms with Gasteiger partial charge in [-0.05, 0) is 19.4 Å². The molecule has 1 N–H and O–H groups in total. The lowest BCUT2D eigenvalue weighted by molar-refractivity contribution is -0.0226. The van der Waals surface area contributed by atoms with Gasteiger partial charge in [0.25, 0.3) is 5.91 Å². The van der Waals surface area contributed by atoms with Crippen molar-refractivity contribution >= 4 is 11.7 Å². The zero-order chi connectivity index (χ0) is 14.5. The van der Waals surface area contributed by atoms with E-state index in [2.05, 4.69) is 10.3 Å². The quantitative estimate of drug-likeness (QED) is 0.916. The van der Waals surface area contributed by atoms with Crippen LogP contribution in [0.5, 0.6) is 0 Å². The number of amides is 1. The number of morpholine rings is 1. The van der Waals surface area contributed by atoms with Crippen molar-refractivity contribution in [2.45, 2.75) is 26.4 Å². The molecule has 1 aliphatic rings. The van der Waals surface area contributed by atoms with E-state index < -0.39 is 5.82 Å². The van der Waals surface area contributed by atoms with Gasteiger partial charge in [0.05, 0.1) is 24.5 Å². The number of rotatable bonds is 4. The molecule has 1 fully saturated rings. The first-order chi connectivity index (χ1) is 9.65. The van der Waals surface area contributed by atoms with Gasteiger partial charge < -0.3 is 15.0 Å². The Morgan fingerprint density at radius 3 is 3.10 bits per heavy atom. The van der Waals surface area contributed by atoms with Crippen LogP contribution >= 0.6 is 0 Å². The molecule has 1 saturated heterocycles. The fourth-order valence-corrected chi connectivity index (χ4v) is 2.23. The predicted molar refractivity (Wildman–Crippen MR) is 74.3 cm³/mol. The van der Waals surface area contributed by atoms with E-state index in [1.165, 1.54) is 6.07 Å². The van der Waals surface area contributed by atoms with Gasteiger partial charge in [0.15, 0.2) is 0 Å². The van der Waals surface area contributed by atoms with E-state index in [1.807, 2.05) is 13.8 Å². The van der Waals surface area contributed by atoms with Gasteiger partial charge in [-0.1, -0.05) is 6.92 Å². The van der Waals surface area contributed by atoms with Crippen molar-refractivity contribution in [2.75, 3.05) is 31.6 Å². The van der Waals surface area contributed by atoms with E-state index in [0.717, 1.165) is 12.6 Å². The van der Waals surface area contributed by atoms with Crippen LogP contribution in [0.4, 0.5) is 10.2 Å². The van der Waals surface area contributed by atoms with Gasteiger partial charge in [-0.3, -0.25) is 4.79 Å². The van der Waals surface area contributed by atoms with Gasteiger partial charge in [0, 0.05) is 19.6 Å². The number of nitrogens with zero attached hydrogens (tertiary/aromatic N) is 2. The van der Waals surface area contributed by atoms with Crippen molar-refractivity contribution in [1.82, 2.24) is 9.88 Å². The summed E-state index contributed by atoms with van der Waals surface area (Å²) >= 11 is 0. The number of carbonyl (C=O) groups excluding carboxylic acids is 1. The summed E-state index contributed by atoms with van der Waals surface area (Å²) in [6.45, 7) is 6.13. The van der Waals surface area contributed by atoms with Gasteiger partial charge in [-0.2, -0.15) is 0 Å². The van der Waals surface area contributed by atoms with Crippen molar-refractivity contribution in [2.24, 2.45) is 0 Å². The second-order valence-electron chi connectivity index (χ2n) is 4.73. The molecule has 1 unspecified atom stereocenters. The van der Waals surface area contributed by atoms with E-state index in [1.54, 1.807) is 4.90 Å². The van der Waals surface area contributed by atoms with Crippen LogP contribution in [0.1, 0.15) is 30.6 Å². The van der Waals surface area contributed by atoms with Crippen LogP contribution in [0, 0.1) is 5.82 Å². The lowest BCUT2D eigenvalue weighted by Gasteiger charge is -2.32. The summed E-state index contributed by atoms with van der Waals surface area (Å²) in [6.07, 6.45) is 2.02. The van der Waals surface area contributed by atoms with E-state index in [-0.39, 0.29) is 17.6 Å². The van der Waals surface area contributed by atoms with Crippen LogP contribution in [0.2, 0.25) is 0 Å². The highest BCUT2D eigenvalue weighted by Crippen LogP contribution is 2.18. The number of hydrogen-bond acceptors (Lipinski definition) is 4. The molecule has 2 heterocycles. The van der Waals surface area contributed by atoms with Gasteiger partial charge in [0.2, 0.25) is 0 Å². The van der Waals surface area contributed by atoms with Crippen molar-refractivity contribution in [3.63, 3.8) is 0 Å². The third-order valence-electron chi connectivity index (χ3n) is 3.31. The molecule has 20 heavy (non-hydrogen) atoms. The first-order valence-electron chi connectivity index (χ1n) is 6.96. The van der Waals surface area contributed by atoms with Crippen molar-refractivity contribution in [3.05, 3.63) is 23.6 Å². The molecule has 0 aromatic carbocycles. The lowest BCUT2D eigenvalue weighted by atomic mass is 10.1. The molecule has 0 radical (unpaired) electrons. The van der Waals surface area contributed by atoms with Crippen molar-refractivity contribution < 1.29 is 13.9 Å². The van der Waals surface area contributed by atoms with E-state index in [0.29, 0.717) is 32.1 Å². The standard InChI is InChI=1S/C14H20FN3O2/c1-3-11-9-18(5-6-20-11)14(19)12-7-10(15)8-17-13(12)16-4-2/h7-8,11H,3-6,9H2,1-2H3,(H,16,17).